The van der Waals surface area contributed by atoms with Crippen LogP contribution in [0.15, 0.2) is 42.7 Å². The fraction of sp³-hybridized carbons (Fsp3) is 0.0769. The van der Waals surface area contributed by atoms with Crippen molar-refractivity contribution >= 4 is 11.3 Å². The van der Waals surface area contributed by atoms with Crippen LogP contribution in [0.4, 0.5) is 18.9 Å². The molecule has 1 aromatic carbocycles. The molecule has 0 atom stereocenters. The number of aromatic nitrogens is 3. The highest BCUT2D eigenvalue weighted by Gasteiger charge is 2.30. The monoisotopic (exact) mass is 278 g/mol. The van der Waals surface area contributed by atoms with E-state index in [2.05, 4.69) is 10.1 Å². The number of anilines is 1. The van der Waals surface area contributed by atoms with Crippen molar-refractivity contribution in [1.29, 1.82) is 0 Å². The molecule has 0 saturated carbocycles. The van der Waals surface area contributed by atoms with Gasteiger partial charge in [-0.3, -0.25) is 0 Å². The number of fused-ring (bicyclic) bond motifs is 1. The zero-order valence-electron chi connectivity index (χ0n) is 10.1. The van der Waals surface area contributed by atoms with Crippen LogP contribution in [0.25, 0.3) is 16.9 Å². The molecular formula is C13H9F3N4. The Kier molecular flexibility index (Phi) is 2.63. The Morgan fingerprint density at radius 2 is 1.80 bits per heavy atom. The molecule has 2 aromatic heterocycles. The molecule has 7 heteroatoms. The van der Waals surface area contributed by atoms with Crippen LogP contribution in [0.1, 0.15) is 5.56 Å². The summed E-state index contributed by atoms with van der Waals surface area (Å²) in [6, 6.07) is 6.51. The largest absolute Gasteiger partial charge is 0.416 e. The van der Waals surface area contributed by atoms with Gasteiger partial charge in [0, 0.05) is 11.6 Å². The van der Waals surface area contributed by atoms with Gasteiger partial charge in [-0.1, -0.05) is 12.1 Å². The number of hydrogen-bond acceptors (Lipinski definition) is 3. The van der Waals surface area contributed by atoms with Gasteiger partial charge in [0.15, 0.2) is 5.65 Å². The Labute approximate surface area is 111 Å². The number of nitrogens with zero attached hydrogens (tertiary/aromatic N) is 3. The van der Waals surface area contributed by atoms with Crippen LogP contribution in [0.2, 0.25) is 0 Å². The minimum atomic E-state index is -4.34. The first-order chi connectivity index (χ1) is 9.43. The minimum absolute atomic E-state index is 0.458. The first-order valence-electron chi connectivity index (χ1n) is 5.72. The van der Waals surface area contributed by atoms with Gasteiger partial charge >= 0.3 is 6.18 Å². The Bertz CT molecular complexity index is 759. The quantitative estimate of drug-likeness (QED) is 0.744. The van der Waals surface area contributed by atoms with Crippen LogP contribution in [0.3, 0.4) is 0 Å². The van der Waals surface area contributed by atoms with Gasteiger partial charge in [-0.15, -0.1) is 0 Å². The van der Waals surface area contributed by atoms with Gasteiger partial charge in [0.25, 0.3) is 0 Å². The van der Waals surface area contributed by atoms with E-state index in [-0.39, 0.29) is 0 Å². The third kappa shape index (κ3) is 2.18. The van der Waals surface area contributed by atoms with Crippen molar-refractivity contribution in [2.24, 2.45) is 0 Å². The Morgan fingerprint density at radius 1 is 1.10 bits per heavy atom. The summed E-state index contributed by atoms with van der Waals surface area (Å²) in [5.41, 5.74) is 7.06. The topological polar surface area (TPSA) is 56.2 Å². The predicted molar refractivity (Wildman–Crippen MR) is 67.8 cm³/mol. The van der Waals surface area contributed by atoms with E-state index < -0.39 is 11.7 Å². The van der Waals surface area contributed by atoms with Gasteiger partial charge in [-0.25, -0.2) is 9.50 Å². The molecule has 4 nitrogen and oxygen atoms in total. The molecular weight excluding hydrogens is 269 g/mol. The highest BCUT2D eigenvalue weighted by molar-refractivity contribution is 5.64. The van der Waals surface area contributed by atoms with E-state index in [1.807, 2.05) is 0 Å². The van der Waals surface area contributed by atoms with Crippen LogP contribution in [-0.4, -0.2) is 14.6 Å². The third-order valence-electron chi connectivity index (χ3n) is 2.84. The lowest BCUT2D eigenvalue weighted by molar-refractivity contribution is -0.137. The standard InChI is InChI=1S/C13H9F3N4/c14-13(15,16)9-3-1-8(2-4-9)11-5-12-18-6-10(17)7-20(12)19-11/h1-7H,17H2. The zero-order valence-corrected chi connectivity index (χ0v) is 10.1. The lowest BCUT2D eigenvalue weighted by Gasteiger charge is -2.06. The van der Waals surface area contributed by atoms with E-state index in [0.29, 0.717) is 22.6 Å². The summed E-state index contributed by atoms with van der Waals surface area (Å²) in [5.74, 6) is 0. The molecule has 0 spiro atoms. The van der Waals surface area contributed by atoms with Crippen molar-refractivity contribution in [3.8, 4) is 11.3 Å². The van der Waals surface area contributed by atoms with Crippen molar-refractivity contribution in [1.82, 2.24) is 14.6 Å². The van der Waals surface area contributed by atoms with Gasteiger partial charge in [-0.2, -0.15) is 18.3 Å². The highest BCUT2D eigenvalue weighted by Crippen LogP contribution is 2.30. The lowest BCUT2D eigenvalue weighted by Crippen LogP contribution is -2.04. The van der Waals surface area contributed by atoms with E-state index >= 15 is 0 Å². The van der Waals surface area contributed by atoms with Crippen LogP contribution < -0.4 is 5.73 Å². The van der Waals surface area contributed by atoms with E-state index in [1.54, 1.807) is 12.3 Å². The molecule has 0 unspecified atom stereocenters. The number of hydrogen-bond donors (Lipinski definition) is 1. The predicted octanol–water partition coefficient (Wildman–Crippen LogP) is 3.00. The molecule has 20 heavy (non-hydrogen) atoms. The van der Waals surface area contributed by atoms with E-state index in [1.165, 1.54) is 22.8 Å². The number of nitrogen functional groups attached to an aromatic ring is 1. The van der Waals surface area contributed by atoms with Gasteiger partial charge in [-0.05, 0) is 12.1 Å². The summed E-state index contributed by atoms with van der Waals surface area (Å²) in [6.07, 6.45) is -1.25. The summed E-state index contributed by atoms with van der Waals surface area (Å²) in [7, 11) is 0. The van der Waals surface area contributed by atoms with E-state index in [4.69, 9.17) is 5.73 Å². The summed E-state index contributed by atoms with van der Waals surface area (Å²) < 4.78 is 39.0. The average molecular weight is 278 g/mol. The average Bonchev–Trinajstić information content (AvgIpc) is 2.80. The summed E-state index contributed by atoms with van der Waals surface area (Å²) in [4.78, 5) is 4.08. The number of alkyl halides is 3. The fourth-order valence-electron chi connectivity index (χ4n) is 1.86. The summed E-state index contributed by atoms with van der Waals surface area (Å²) in [5, 5.41) is 4.23. The second kappa shape index (κ2) is 4.22. The first kappa shape index (κ1) is 12.5. The fourth-order valence-corrected chi connectivity index (χ4v) is 1.86. The third-order valence-corrected chi connectivity index (χ3v) is 2.84. The summed E-state index contributed by atoms with van der Waals surface area (Å²) >= 11 is 0. The molecule has 2 heterocycles. The SMILES string of the molecule is Nc1cnc2cc(-c3ccc(C(F)(F)F)cc3)nn2c1. The molecule has 3 rings (SSSR count). The van der Waals surface area contributed by atoms with Gasteiger partial charge in [0.2, 0.25) is 0 Å². The Morgan fingerprint density at radius 3 is 2.45 bits per heavy atom. The Hall–Kier alpha value is -2.57. The maximum absolute atomic E-state index is 12.5. The first-order valence-corrected chi connectivity index (χ1v) is 5.72. The maximum atomic E-state index is 12.5. The van der Waals surface area contributed by atoms with Crippen LogP contribution >= 0.6 is 0 Å². The molecule has 3 aromatic rings. The normalized spacial score (nSPS) is 11.9. The molecule has 0 aliphatic heterocycles. The molecule has 0 bridgehead atoms. The lowest BCUT2D eigenvalue weighted by atomic mass is 10.1. The van der Waals surface area contributed by atoms with E-state index in [9.17, 15) is 13.2 Å². The maximum Gasteiger partial charge on any atom is 0.416 e. The number of benzene rings is 1. The molecule has 0 saturated heterocycles. The second-order valence-corrected chi connectivity index (χ2v) is 4.29. The molecule has 0 aliphatic rings. The van der Waals surface area contributed by atoms with Crippen molar-refractivity contribution in [3.63, 3.8) is 0 Å². The van der Waals surface area contributed by atoms with Crippen molar-refractivity contribution < 1.29 is 13.2 Å². The summed E-state index contributed by atoms with van der Waals surface area (Å²) in [6.45, 7) is 0. The van der Waals surface area contributed by atoms with Crippen molar-refractivity contribution in [3.05, 3.63) is 48.3 Å². The van der Waals surface area contributed by atoms with Crippen LogP contribution in [0.5, 0.6) is 0 Å². The number of halogens is 3. The van der Waals surface area contributed by atoms with E-state index in [0.717, 1.165) is 12.1 Å². The molecule has 0 amide bonds. The molecule has 0 fully saturated rings. The molecule has 0 aliphatic carbocycles. The zero-order chi connectivity index (χ0) is 14.3. The van der Waals surface area contributed by atoms with Crippen LogP contribution in [0, 0.1) is 0 Å². The minimum Gasteiger partial charge on any atom is -0.396 e. The molecule has 0 radical (unpaired) electrons. The Balaban J connectivity index is 2.02. The van der Waals surface area contributed by atoms with Gasteiger partial charge in [0.1, 0.15) is 0 Å². The van der Waals surface area contributed by atoms with Crippen molar-refractivity contribution in [2.45, 2.75) is 6.18 Å². The smallest absolute Gasteiger partial charge is 0.396 e. The highest BCUT2D eigenvalue weighted by atomic mass is 19.4. The number of rotatable bonds is 1. The molecule has 2 N–H and O–H groups in total. The molecule has 102 valence electrons. The number of nitrogens with two attached hydrogens (primary N) is 1. The van der Waals surface area contributed by atoms with Crippen molar-refractivity contribution in [2.75, 3.05) is 5.73 Å². The van der Waals surface area contributed by atoms with Gasteiger partial charge in [0.05, 0.1) is 29.3 Å². The van der Waals surface area contributed by atoms with Crippen LogP contribution in [-0.2, 0) is 6.18 Å². The van der Waals surface area contributed by atoms with Gasteiger partial charge < -0.3 is 5.73 Å². The second-order valence-electron chi connectivity index (χ2n) is 4.29.